The number of nitrogens with zero attached hydrogens (tertiary/aromatic N) is 1. The second-order valence-electron chi connectivity index (χ2n) is 4.64. The number of ketones is 1. The van der Waals surface area contributed by atoms with Crippen molar-refractivity contribution in [2.45, 2.75) is 38.5 Å². The van der Waals surface area contributed by atoms with Gasteiger partial charge in [-0.2, -0.15) is 0 Å². The number of methoxy groups -OCH3 is 1. The summed E-state index contributed by atoms with van der Waals surface area (Å²) in [4.78, 5) is 35.4. The lowest BCUT2D eigenvalue weighted by Gasteiger charge is -2.13. The average Bonchev–Trinajstić information content (AvgIpc) is 2.80. The Hall–Kier alpha value is -1.59. The van der Waals surface area contributed by atoms with Crippen LogP contribution in [0.15, 0.2) is 0 Å². The standard InChI is InChI=1S/C13H22N2O4/c1-19-12(17)7-3-2-5-11(16)6-4-9-15-10-8-14-13(15)18/h2-10H2,1H3,(H,14,18). The molecule has 0 aromatic carbocycles. The summed E-state index contributed by atoms with van der Waals surface area (Å²) in [7, 11) is 1.36. The number of carbonyl (C=O) groups excluding carboxylic acids is 3. The molecule has 1 saturated heterocycles. The number of unbranched alkanes of at least 4 members (excludes halogenated alkanes) is 1. The van der Waals surface area contributed by atoms with Crippen molar-refractivity contribution < 1.29 is 19.1 Å². The maximum atomic E-state index is 11.6. The fraction of sp³-hybridized carbons (Fsp3) is 0.769. The predicted molar refractivity (Wildman–Crippen MR) is 69.7 cm³/mol. The van der Waals surface area contributed by atoms with Crippen LogP contribution in [0.2, 0.25) is 0 Å². The Morgan fingerprint density at radius 3 is 2.53 bits per heavy atom. The molecule has 1 fully saturated rings. The molecule has 0 bridgehead atoms. The highest BCUT2D eigenvalue weighted by Crippen LogP contribution is 2.06. The number of carbonyl (C=O) groups is 3. The average molecular weight is 270 g/mol. The summed E-state index contributed by atoms with van der Waals surface area (Å²) in [5, 5.41) is 2.72. The number of urea groups is 1. The molecule has 0 aliphatic carbocycles. The lowest BCUT2D eigenvalue weighted by atomic mass is 10.1. The van der Waals surface area contributed by atoms with Crippen molar-refractivity contribution in [2.75, 3.05) is 26.7 Å². The Labute approximate surface area is 113 Å². The summed E-state index contributed by atoms with van der Waals surface area (Å²) in [6, 6.07) is -0.0365. The van der Waals surface area contributed by atoms with E-state index in [1.54, 1.807) is 4.90 Å². The van der Waals surface area contributed by atoms with Gasteiger partial charge >= 0.3 is 12.0 Å². The molecule has 1 N–H and O–H groups in total. The first-order valence-corrected chi connectivity index (χ1v) is 6.75. The van der Waals surface area contributed by atoms with Crippen LogP contribution in [0.4, 0.5) is 4.79 Å². The Bertz CT molecular complexity index is 331. The molecule has 1 rings (SSSR count). The van der Waals surface area contributed by atoms with Crippen molar-refractivity contribution in [2.24, 2.45) is 0 Å². The highest BCUT2D eigenvalue weighted by Gasteiger charge is 2.18. The van der Waals surface area contributed by atoms with Crippen molar-refractivity contribution in [3.63, 3.8) is 0 Å². The normalized spacial score (nSPS) is 14.4. The van der Waals surface area contributed by atoms with Gasteiger partial charge in [-0.05, 0) is 19.3 Å². The largest absolute Gasteiger partial charge is 0.469 e. The SMILES string of the molecule is COC(=O)CCCCC(=O)CCCN1CCNC1=O. The number of hydrogen-bond donors (Lipinski definition) is 1. The molecular formula is C13H22N2O4. The van der Waals surface area contributed by atoms with Crippen molar-refractivity contribution in [3.05, 3.63) is 0 Å². The number of hydrogen-bond acceptors (Lipinski definition) is 4. The van der Waals surface area contributed by atoms with Gasteiger partial charge in [0.05, 0.1) is 7.11 Å². The van der Waals surface area contributed by atoms with Crippen molar-refractivity contribution in [1.29, 1.82) is 0 Å². The highest BCUT2D eigenvalue weighted by atomic mass is 16.5. The van der Waals surface area contributed by atoms with Gasteiger partial charge < -0.3 is 15.0 Å². The van der Waals surface area contributed by atoms with E-state index in [9.17, 15) is 14.4 Å². The number of amides is 2. The minimum absolute atomic E-state index is 0.0365. The van der Waals surface area contributed by atoms with Gasteiger partial charge in [-0.1, -0.05) is 0 Å². The third-order valence-electron chi connectivity index (χ3n) is 3.14. The minimum Gasteiger partial charge on any atom is -0.469 e. The Morgan fingerprint density at radius 1 is 1.21 bits per heavy atom. The molecule has 0 aromatic heterocycles. The van der Waals surface area contributed by atoms with Gasteiger partial charge in [-0.3, -0.25) is 9.59 Å². The van der Waals surface area contributed by atoms with E-state index >= 15 is 0 Å². The molecule has 0 unspecified atom stereocenters. The monoisotopic (exact) mass is 270 g/mol. The second kappa shape index (κ2) is 8.50. The maximum Gasteiger partial charge on any atom is 0.317 e. The number of Topliss-reactive ketones (excluding diaryl/α,β-unsaturated/α-hetero) is 1. The first kappa shape index (κ1) is 15.5. The van der Waals surface area contributed by atoms with Crippen LogP contribution in [0.25, 0.3) is 0 Å². The van der Waals surface area contributed by atoms with Gasteiger partial charge in [0, 0.05) is 38.9 Å². The number of nitrogens with one attached hydrogen (secondary N) is 1. The molecule has 0 aromatic rings. The topological polar surface area (TPSA) is 75.7 Å². The lowest BCUT2D eigenvalue weighted by molar-refractivity contribution is -0.140. The van der Waals surface area contributed by atoms with Crippen molar-refractivity contribution >= 4 is 17.8 Å². The smallest absolute Gasteiger partial charge is 0.317 e. The fourth-order valence-electron chi connectivity index (χ4n) is 2.01. The van der Waals surface area contributed by atoms with E-state index in [1.807, 2.05) is 0 Å². The molecule has 6 heteroatoms. The summed E-state index contributed by atoms with van der Waals surface area (Å²) in [5.41, 5.74) is 0. The number of esters is 1. The van der Waals surface area contributed by atoms with Crippen molar-refractivity contribution in [3.8, 4) is 0 Å². The first-order chi connectivity index (χ1) is 9.13. The molecule has 0 saturated carbocycles. The molecule has 108 valence electrons. The minimum atomic E-state index is -0.229. The van der Waals surface area contributed by atoms with Crippen molar-refractivity contribution in [1.82, 2.24) is 10.2 Å². The van der Waals surface area contributed by atoms with Gasteiger partial charge in [0.15, 0.2) is 0 Å². The van der Waals surface area contributed by atoms with Gasteiger partial charge in [-0.15, -0.1) is 0 Å². The zero-order valence-corrected chi connectivity index (χ0v) is 11.4. The third kappa shape index (κ3) is 6.22. The molecule has 6 nitrogen and oxygen atoms in total. The molecular weight excluding hydrogens is 248 g/mol. The fourth-order valence-corrected chi connectivity index (χ4v) is 2.01. The van der Waals surface area contributed by atoms with Gasteiger partial charge in [0.25, 0.3) is 0 Å². The van der Waals surface area contributed by atoms with Crippen LogP contribution in [0.5, 0.6) is 0 Å². The molecule has 19 heavy (non-hydrogen) atoms. The number of rotatable bonds is 9. The lowest BCUT2D eigenvalue weighted by Crippen LogP contribution is -2.29. The van der Waals surface area contributed by atoms with Crippen LogP contribution in [-0.2, 0) is 14.3 Å². The van der Waals surface area contributed by atoms with E-state index in [0.717, 1.165) is 13.0 Å². The predicted octanol–water partition coefficient (Wildman–Crippen LogP) is 1.09. The van der Waals surface area contributed by atoms with E-state index in [1.165, 1.54) is 7.11 Å². The summed E-state index contributed by atoms with van der Waals surface area (Å²) in [6.07, 6.45) is 3.50. The van der Waals surface area contributed by atoms with Crippen LogP contribution in [0, 0.1) is 0 Å². The quantitative estimate of drug-likeness (QED) is 0.503. The first-order valence-electron chi connectivity index (χ1n) is 6.75. The zero-order chi connectivity index (χ0) is 14.1. The molecule has 1 aliphatic rings. The van der Waals surface area contributed by atoms with E-state index < -0.39 is 0 Å². The molecule has 2 amide bonds. The van der Waals surface area contributed by atoms with E-state index in [4.69, 9.17) is 0 Å². The van der Waals surface area contributed by atoms with Crippen LogP contribution in [0.3, 0.4) is 0 Å². The van der Waals surface area contributed by atoms with Gasteiger partial charge in [0.2, 0.25) is 0 Å². The summed E-state index contributed by atoms with van der Waals surface area (Å²) in [6.45, 7) is 2.06. The molecule has 0 radical (unpaired) electrons. The van der Waals surface area contributed by atoms with Crippen LogP contribution < -0.4 is 5.32 Å². The molecule has 0 atom stereocenters. The summed E-state index contributed by atoms with van der Waals surface area (Å²) in [5.74, 6) is -0.0306. The van der Waals surface area contributed by atoms with Crippen LogP contribution >= 0.6 is 0 Å². The maximum absolute atomic E-state index is 11.6. The van der Waals surface area contributed by atoms with E-state index in [-0.39, 0.29) is 17.8 Å². The van der Waals surface area contributed by atoms with Gasteiger partial charge in [-0.25, -0.2) is 4.79 Å². The molecule has 1 heterocycles. The molecule has 0 spiro atoms. The highest BCUT2D eigenvalue weighted by molar-refractivity contribution is 5.79. The van der Waals surface area contributed by atoms with Crippen LogP contribution in [0.1, 0.15) is 38.5 Å². The third-order valence-corrected chi connectivity index (χ3v) is 3.14. The van der Waals surface area contributed by atoms with E-state index in [0.29, 0.717) is 45.2 Å². The Morgan fingerprint density at radius 2 is 1.89 bits per heavy atom. The zero-order valence-electron chi connectivity index (χ0n) is 11.4. The summed E-state index contributed by atoms with van der Waals surface area (Å²) < 4.78 is 4.52. The molecule has 1 aliphatic heterocycles. The Balaban J connectivity index is 1.99. The Kier molecular flexibility index (Phi) is 6.92. The summed E-state index contributed by atoms with van der Waals surface area (Å²) >= 11 is 0. The van der Waals surface area contributed by atoms with Gasteiger partial charge in [0.1, 0.15) is 5.78 Å². The second-order valence-corrected chi connectivity index (χ2v) is 4.64. The van der Waals surface area contributed by atoms with E-state index in [2.05, 4.69) is 10.1 Å². The van der Waals surface area contributed by atoms with Crippen LogP contribution in [-0.4, -0.2) is 49.4 Å². The number of ether oxygens (including phenoxy) is 1.